The Morgan fingerprint density at radius 2 is 1.73 bits per heavy atom. The molecule has 0 heterocycles. The van der Waals surface area contributed by atoms with Gasteiger partial charge in [0.1, 0.15) is 6.29 Å². The lowest BCUT2D eigenvalue weighted by atomic mass is 9.99. The molecule has 0 saturated heterocycles. The summed E-state index contributed by atoms with van der Waals surface area (Å²) in [6.07, 6.45) is -0.584. The largest absolute Gasteiger partial charge is 0.399 e. The molecule has 0 bridgehead atoms. The van der Waals surface area contributed by atoms with Crippen LogP contribution in [0.5, 0.6) is 0 Å². The lowest BCUT2D eigenvalue weighted by Crippen LogP contribution is -2.25. The maximum atomic E-state index is 8.91. The molecule has 0 aliphatic carbocycles. The molecule has 0 spiro atoms. The summed E-state index contributed by atoms with van der Waals surface area (Å²) >= 11 is 0. The summed E-state index contributed by atoms with van der Waals surface area (Å²) in [6.45, 7) is 10.5. The number of aliphatic hydroxyl groups is 1. The minimum Gasteiger partial charge on any atom is -0.399 e. The highest BCUT2D eigenvalue weighted by atomic mass is 28.2. The fraction of sp³-hybridized carbons (Fsp3) is 1.00. The summed E-state index contributed by atoms with van der Waals surface area (Å²) in [7, 11) is -0.606. The molecule has 0 aliphatic rings. The van der Waals surface area contributed by atoms with Gasteiger partial charge in [-0.25, -0.2) is 0 Å². The zero-order valence-corrected chi connectivity index (χ0v) is 9.63. The molecular weight excluding hydrogens is 156 g/mol. The molecule has 2 nitrogen and oxygen atoms in total. The predicted molar refractivity (Wildman–Crippen MR) is 50.2 cm³/mol. The molecule has 11 heavy (non-hydrogen) atoms. The summed E-state index contributed by atoms with van der Waals surface area (Å²) in [5, 5.41) is 9.20. The van der Waals surface area contributed by atoms with Gasteiger partial charge in [-0.3, -0.25) is 0 Å². The third kappa shape index (κ3) is 4.56. The van der Waals surface area contributed by atoms with Crippen molar-refractivity contribution in [1.82, 2.24) is 0 Å². The SMILES string of the molecule is CC(O)O[SiH2]C(C)(C)C(C)C. The van der Waals surface area contributed by atoms with Crippen LogP contribution in [0.3, 0.4) is 0 Å². The molecule has 0 saturated carbocycles. The van der Waals surface area contributed by atoms with Gasteiger partial charge in [0.25, 0.3) is 0 Å². The number of aliphatic hydroxyl groups excluding tert-OH is 1. The van der Waals surface area contributed by atoms with Crippen molar-refractivity contribution in [2.45, 2.75) is 45.9 Å². The molecule has 0 aromatic carbocycles. The summed E-state index contributed by atoms with van der Waals surface area (Å²) in [6, 6.07) is 0. The molecule has 0 rings (SSSR count). The molecule has 0 fully saturated rings. The van der Waals surface area contributed by atoms with Crippen molar-refractivity contribution in [2.75, 3.05) is 0 Å². The van der Waals surface area contributed by atoms with Gasteiger partial charge < -0.3 is 9.53 Å². The fourth-order valence-electron chi connectivity index (χ4n) is 0.502. The van der Waals surface area contributed by atoms with Gasteiger partial charge in [-0.2, -0.15) is 0 Å². The van der Waals surface area contributed by atoms with Crippen molar-refractivity contribution < 1.29 is 9.53 Å². The van der Waals surface area contributed by atoms with Crippen LogP contribution in [0, 0.1) is 5.92 Å². The van der Waals surface area contributed by atoms with Gasteiger partial charge in [0.2, 0.25) is 0 Å². The van der Waals surface area contributed by atoms with Crippen LogP contribution in [-0.2, 0) is 4.43 Å². The molecule has 0 aliphatic heterocycles. The van der Waals surface area contributed by atoms with Crippen LogP contribution >= 0.6 is 0 Å². The summed E-state index contributed by atoms with van der Waals surface area (Å²) in [5.41, 5.74) is 0. The standard InChI is InChI=1S/C8H20O2Si/c1-6(2)8(4,5)11-10-7(3)9/h6-7,9H,11H2,1-5H3. The Balaban J connectivity index is 3.73. The maximum Gasteiger partial charge on any atom is 0.170 e. The summed E-state index contributed by atoms with van der Waals surface area (Å²) in [5.74, 6) is 0.632. The van der Waals surface area contributed by atoms with Crippen molar-refractivity contribution >= 4 is 9.76 Å². The molecule has 1 unspecified atom stereocenters. The Kier molecular flexibility index (Phi) is 4.29. The van der Waals surface area contributed by atoms with E-state index in [1.807, 2.05) is 0 Å². The van der Waals surface area contributed by atoms with Crippen LogP contribution < -0.4 is 0 Å². The van der Waals surface area contributed by atoms with E-state index in [2.05, 4.69) is 27.7 Å². The van der Waals surface area contributed by atoms with E-state index in [9.17, 15) is 0 Å². The van der Waals surface area contributed by atoms with Gasteiger partial charge in [0.15, 0.2) is 9.76 Å². The second-order valence-electron chi connectivity index (χ2n) is 4.05. The van der Waals surface area contributed by atoms with Gasteiger partial charge in [-0.15, -0.1) is 0 Å². The Hall–Kier alpha value is 0.137. The van der Waals surface area contributed by atoms with Crippen molar-refractivity contribution in [2.24, 2.45) is 5.92 Å². The van der Waals surface area contributed by atoms with E-state index in [-0.39, 0.29) is 5.04 Å². The topological polar surface area (TPSA) is 29.5 Å². The van der Waals surface area contributed by atoms with E-state index < -0.39 is 16.1 Å². The molecule has 0 amide bonds. The zero-order valence-electron chi connectivity index (χ0n) is 8.22. The van der Waals surface area contributed by atoms with Gasteiger partial charge in [0.05, 0.1) is 0 Å². The minimum absolute atomic E-state index is 0.289. The van der Waals surface area contributed by atoms with Gasteiger partial charge in [-0.1, -0.05) is 27.7 Å². The quantitative estimate of drug-likeness (QED) is 0.516. The van der Waals surface area contributed by atoms with E-state index in [1.165, 1.54) is 0 Å². The van der Waals surface area contributed by atoms with Crippen LogP contribution in [0.4, 0.5) is 0 Å². The zero-order chi connectivity index (χ0) is 9.07. The molecule has 0 aromatic rings. The highest BCUT2D eigenvalue weighted by molar-refractivity contribution is 6.32. The third-order valence-electron chi connectivity index (χ3n) is 2.26. The molecule has 1 atom stereocenters. The molecule has 3 heteroatoms. The summed E-state index contributed by atoms with van der Waals surface area (Å²) in [4.78, 5) is 0. The first-order chi connectivity index (χ1) is 4.86. The fourth-order valence-corrected chi connectivity index (χ4v) is 1.51. The number of hydrogen-bond acceptors (Lipinski definition) is 2. The van der Waals surface area contributed by atoms with E-state index in [1.54, 1.807) is 6.92 Å². The van der Waals surface area contributed by atoms with Crippen LogP contribution in [0.15, 0.2) is 0 Å². The Morgan fingerprint density at radius 3 is 2.00 bits per heavy atom. The molecule has 0 radical (unpaired) electrons. The monoisotopic (exact) mass is 176 g/mol. The first-order valence-electron chi connectivity index (χ1n) is 4.16. The molecule has 1 N–H and O–H groups in total. The lowest BCUT2D eigenvalue weighted by Gasteiger charge is -2.28. The van der Waals surface area contributed by atoms with Crippen molar-refractivity contribution in [3.8, 4) is 0 Å². The van der Waals surface area contributed by atoms with Crippen molar-refractivity contribution in [3.05, 3.63) is 0 Å². The van der Waals surface area contributed by atoms with Gasteiger partial charge in [-0.05, 0) is 17.9 Å². The Bertz CT molecular complexity index is 111. The van der Waals surface area contributed by atoms with Crippen LogP contribution in [0.2, 0.25) is 5.04 Å². The number of hydrogen-bond donors (Lipinski definition) is 1. The average Bonchev–Trinajstić information content (AvgIpc) is 1.84. The predicted octanol–water partition coefficient (Wildman–Crippen LogP) is 1.28. The summed E-state index contributed by atoms with van der Waals surface area (Å²) < 4.78 is 5.26. The van der Waals surface area contributed by atoms with Crippen LogP contribution in [0.25, 0.3) is 0 Å². The van der Waals surface area contributed by atoms with Crippen LogP contribution in [-0.4, -0.2) is 21.2 Å². The van der Waals surface area contributed by atoms with E-state index in [0.717, 1.165) is 0 Å². The first kappa shape index (κ1) is 11.1. The van der Waals surface area contributed by atoms with E-state index in [4.69, 9.17) is 9.53 Å². The maximum absolute atomic E-state index is 8.91. The van der Waals surface area contributed by atoms with E-state index in [0.29, 0.717) is 5.92 Å². The molecule has 0 aromatic heterocycles. The molecular formula is C8H20O2Si. The minimum atomic E-state index is -0.606. The Morgan fingerprint density at radius 1 is 1.27 bits per heavy atom. The van der Waals surface area contributed by atoms with Crippen molar-refractivity contribution in [3.63, 3.8) is 0 Å². The Labute approximate surface area is 71.9 Å². The normalized spacial score (nSPS) is 16.6. The van der Waals surface area contributed by atoms with E-state index >= 15 is 0 Å². The second-order valence-corrected chi connectivity index (χ2v) is 6.50. The highest BCUT2D eigenvalue weighted by Crippen LogP contribution is 2.32. The molecule has 68 valence electrons. The highest BCUT2D eigenvalue weighted by Gasteiger charge is 2.23. The van der Waals surface area contributed by atoms with Crippen molar-refractivity contribution in [1.29, 1.82) is 0 Å². The van der Waals surface area contributed by atoms with Crippen LogP contribution in [0.1, 0.15) is 34.6 Å². The van der Waals surface area contributed by atoms with Gasteiger partial charge in [0, 0.05) is 0 Å². The third-order valence-corrected chi connectivity index (χ3v) is 4.47. The second kappa shape index (κ2) is 4.23. The number of rotatable bonds is 4. The average molecular weight is 176 g/mol. The first-order valence-corrected chi connectivity index (χ1v) is 5.44. The lowest BCUT2D eigenvalue weighted by molar-refractivity contribution is -0.00229. The van der Waals surface area contributed by atoms with Gasteiger partial charge >= 0.3 is 0 Å². The smallest absolute Gasteiger partial charge is 0.170 e.